The Bertz CT molecular complexity index is 403. The normalized spacial score (nSPS) is 31.3. The molecule has 1 rings (SSSR count). The van der Waals surface area contributed by atoms with Crippen molar-refractivity contribution >= 4 is 5.97 Å². The van der Waals surface area contributed by atoms with Crippen molar-refractivity contribution < 1.29 is 14.6 Å². The van der Waals surface area contributed by atoms with Crippen molar-refractivity contribution in [2.24, 2.45) is 17.3 Å². The first-order valence-electron chi connectivity index (χ1n) is 7.29. The number of rotatable bonds is 4. The van der Waals surface area contributed by atoms with E-state index in [1.54, 1.807) is 0 Å². The van der Waals surface area contributed by atoms with Crippen molar-refractivity contribution in [2.75, 3.05) is 0 Å². The first kappa shape index (κ1) is 17.0. The number of ether oxygens (including phenoxy) is 1. The standard InChI is InChI=1S/C17H28O3/c1-12(2)15-11-14(16(4,5)19)7-8-17(15,6)9-10-20-13(3)18/h9-10,14-15,19H,1,7-8,11H2,2-6H3. The van der Waals surface area contributed by atoms with E-state index in [4.69, 9.17) is 4.74 Å². The van der Waals surface area contributed by atoms with E-state index >= 15 is 0 Å². The average molecular weight is 280 g/mol. The molecule has 0 aromatic rings. The molecule has 1 aliphatic rings. The van der Waals surface area contributed by atoms with Crippen LogP contribution in [0.3, 0.4) is 0 Å². The maximum absolute atomic E-state index is 10.9. The van der Waals surface area contributed by atoms with Crippen molar-refractivity contribution in [1.82, 2.24) is 0 Å². The molecule has 1 N–H and O–H groups in total. The summed E-state index contributed by atoms with van der Waals surface area (Å²) >= 11 is 0. The van der Waals surface area contributed by atoms with Gasteiger partial charge in [0, 0.05) is 6.92 Å². The molecule has 0 amide bonds. The third kappa shape index (κ3) is 4.20. The number of aliphatic hydroxyl groups is 1. The van der Waals surface area contributed by atoms with Crippen LogP contribution >= 0.6 is 0 Å². The minimum atomic E-state index is -0.658. The van der Waals surface area contributed by atoms with Gasteiger partial charge in [-0.25, -0.2) is 0 Å². The van der Waals surface area contributed by atoms with E-state index in [-0.39, 0.29) is 17.3 Å². The molecule has 0 spiro atoms. The van der Waals surface area contributed by atoms with Crippen LogP contribution in [0.5, 0.6) is 0 Å². The summed E-state index contributed by atoms with van der Waals surface area (Å²) in [5.41, 5.74) is 0.395. The summed E-state index contributed by atoms with van der Waals surface area (Å²) in [7, 11) is 0. The fraction of sp³-hybridized carbons (Fsp3) is 0.706. The van der Waals surface area contributed by atoms with Gasteiger partial charge in [-0.2, -0.15) is 0 Å². The zero-order valence-corrected chi connectivity index (χ0v) is 13.4. The second-order valence-electron chi connectivity index (χ2n) is 6.94. The second-order valence-corrected chi connectivity index (χ2v) is 6.94. The third-order valence-corrected chi connectivity index (χ3v) is 4.62. The maximum Gasteiger partial charge on any atom is 0.307 e. The number of allylic oxidation sites excluding steroid dienone is 2. The molecule has 0 aliphatic heterocycles. The number of hydrogen-bond donors (Lipinski definition) is 1. The Hall–Kier alpha value is -1.09. The number of carbonyl (C=O) groups excluding carboxylic acids is 1. The van der Waals surface area contributed by atoms with Crippen LogP contribution in [0.25, 0.3) is 0 Å². The van der Waals surface area contributed by atoms with Crippen molar-refractivity contribution in [3.63, 3.8) is 0 Å². The number of hydrogen-bond acceptors (Lipinski definition) is 3. The molecule has 0 aromatic heterocycles. The van der Waals surface area contributed by atoms with Gasteiger partial charge in [-0.1, -0.05) is 19.1 Å². The maximum atomic E-state index is 10.9. The zero-order valence-electron chi connectivity index (χ0n) is 13.4. The minimum Gasteiger partial charge on any atom is -0.435 e. The van der Waals surface area contributed by atoms with Gasteiger partial charge in [-0.05, 0) is 63.4 Å². The van der Waals surface area contributed by atoms with E-state index in [2.05, 4.69) is 13.5 Å². The van der Waals surface area contributed by atoms with E-state index in [1.165, 1.54) is 13.2 Å². The fourth-order valence-corrected chi connectivity index (χ4v) is 3.22. The topological polar surface area (TPSA) is 46.5 Å². The Kier molecular flexibility index (Phi) is 5.20. The van der Waals surface area contributed by atoms with Crippen molar-refractivity contribution in [3.8, 4) is 0 Å². The van der Waals surface area contributed by atoms with E-state index in [0.29, 0.717) is 5.92 Å². The highest BCUT2D eigenvalue weighted by atomic mass is 16.5. The summed E-state index contributed by atoms with van der Waals surface area (Å²) in [5, 5.41) is 10.2. The summed E-state index contributed by atoms with van der Waals surface area (Å²) in [6.45, 7) is 13.5. The van der Waals surface area contributed by atoms with Gasteiger partial charge in [0.1, 0.15) is 0 Å². The zero-order chi connectivity index (χ0) is 15.6. The molecule has 0 radical (unpaired) electrons. The Balaban J connectivity index is 2.89. The highest BCUT2D eigenvalue weighted by Crippen LogP contribution is 2.49. The van der Waals surface area contributed by atoms with Crippen LogP contribution in [-0.2, 0) is 9.53 Å². The molecule has 1 saturated carbocycles. The van der Waals surface area contributed by atoms with Crippen LogP contribution in [-0.4, -0.2) is 16.7 Å². The average Bonchev–Trinajstić information content (AvgIpc) is 2.26. The summed E-state index contributed by atoms with van der Waals surface area (Å²) in [6, 6.07) is 0. The lowest BCUT2D eigenvalue weighted by molar-refractivity contribution is -0.135. The van der Waals surface area contributed by atoms with Gasteiger partial charge in [0.15, 0.2) is 0 Å². The molecular weight excluding hydrogens is 252 g/mol. The quantitative estimate of drug-likeness (QED) is 0.483. The lowest BCUT2D eigenvalue weighted by atomic mass is 9.60. The predicted molar refractivity (Wildman–Crippen MR) is 81.0 cm³/mol. The highest BCUT2D eigenvalue weighted by Gasteiger charge is 2.42. The molecule has 20 heavy (non-hydrogen) atoms. The molecule has 0 bridgehead atoms. The van der Waals surface area contributed by atoms with Gasteiger partial charge in [0.25, 0.3) is 0 Å². The number of carbonyl (C=O) groups is 1. The van der Waals surface area contributed by atoms with E-state index < -0.39 is 5.60 Å². The molecule has 3 heteroatoms. The van der Waals surface area contributed by atoms with Gasteiger partial charge in [-0.3, -0.25) is 4.79 Å². The monoisotopic (exact) mass is 280 g/mol. The van der Waals surface area contributed by atoms with Gasteiger partial charge >= 0.3 is 5.97 Å². The molecule has 0 aromatic carbocycles. The van der Waals surface area contributed by atoms with Crippen molar-refractivity contribution in [2.45, 2.75) is 59.5 Å². The SMILES string of the molecule is C=C(C)C1CC(C(C)(C)O)CCC1(C)C=COC(C)=O. The minimum absolute atomic E-state index is 0.0664. The van der Waals surface area contributed by atoms with E-state index in [1.807, 2.05) is 26.8 Å². The molecule has 3 unspecified atom stereocenters. The lowest BCUT2D eigenvalue weighted by Gasteiger charge is -2.46. The Morgan fingerprint density at radius 2 is 2.05 bits per heavy atom. The van der Waals surface area contributed by atoms with Crippen LogP contribution in [0.4, 0.5) is 0 Å². The first-order chi connectivity index (χ1) is 9.06. The lowest BCUT2D eigenvalue weighted by Crippen LogP contribution is -2.41. The van der Waals surface area contributed by atoms with Gasteiger partial charge in [0.05, 0.1) is 11.9 Å². The molecule has 3 atom stereocenters. The first-order valence-corrected chi connectivity index (χ1v) is 7.29. The Morgan fingerprint density at radius 3 is 2.50 bits per heavy atom. The summed E-state index contributed by atoms with van der Waals surface area (Å²) in [4.78, 5) is 10.9. The van der Waals surface area contributed by atoms with Gasteiger partial charge in [0.2, 0.25) is 0 Å². The fourth-order valence-electron chi connectivity index (χ4n) is 3.22. The second kappa shape index (κ2) is 6.13. The van der Waals surface area contributed by atoms with E-state index in [9.17, 15) is 9.90 Å². The van der Waals surface area contributed by atoms with Crippen LogP contribution in [0, 0.1) is 17.3 Å². The van der Waals surface area contributed by atoms with Crippen molar-refractivity contribution in [3.05, 3.63) is 24.5 Å². The number of esters is 1. The molecule has 3 nitrogen and oxygen atoms in total. The Morgan fingerprint density at radius 1 is 1.45 bits per heavy atom. The van der Waals surface area contributed by atoms with Gasteiger partial charge < -0.3 is 9.84 Å². The molecule has 0 heterocycles. The molecule has 1 aliphatic carbocycles. The van der Waals surface area contributed by atoms with Crippen LogP contribution in [0.15, 0.2) is 24.5 Å². The predicted octanol–water partition coefficient (Wildman–Crippen LogP) is 3.83. The molecular formula is C17H28O3. The summed E-state index contributed by atoms with van der Waals surface area (Å²) in [6.07, 6.45) is 6.32. The third-order valence-electron chi connectivity index (χ3n) is 4.62. The summed E-state index contributed by atoms with van der Waals surface area (Å²) in [5.74, 6) is 0.265. The Labute approximate surface area is 122 Å². The highest BCUT2D eigenvalue weighted by molar-refractivity contribution is 5.66. The van der Waals surface area contributed by atoms with E-state index in [0.717, 1.165) is 24.8 Å². The van der Waals surface area contributed by atoms with Crippen LogP contribution in [0.2, 0.25) is 0 Å². The van der Waals surface area contributed by atoms with Crippen molar-refractivity contribution in [1.29, 1.82) is 0 Å². The molecule has 1 fully saturated rings. The van der Waals surface area contributed by atoms with Crippen LogP contribution < -0.4 is 0 Å². The molecule has 0 saturated heterocycles. The van der Waals surface area contributed by atoms with Crippen LogP contribution in [0.1, 0.15) is 53.9 Å². The molecule has 114 valence electrons. The van der Waals surface area contributed by atoms with Gasteiger partial charge in [-0.15, -0.1) is 0 Å². The summed E-state index contributed by atoms with van der Waals surface area (Å²) < 4.78 is 4.93. The largest absolute Gasteiger partial charge is 0.435 e. The smallest absolute Gasteiger partial charge is 0.307 e.